The molecule has 1 atom stereocenters. The van der Waals surface area contributed by atoms with Gasteiger partial charge in [0, 0.05) is 6.42 Å². The molecule has 1 aliphatic heterocycles. The highest BCUT2D eigenvalue weighted by molar-refractivity contribution is 5.27. The number of halogens is 3. The van der Waals surface area contributed by atoms with Crippen molar-refractivity contribution in [2.24, 2.45) is 10.2 Å². The van der Waals surface area contributed by atoms with Crippen LogP contribution in [0.3, 0.4) is 0 Å². The molecule has 0 saturated carbocycles. The van der Waals surface area contributed by atoms with Crippen LogP contribution < -0.4 is 0 Å². The topological polar surface area (TPSA) is 24.7 Å². The Hall–Kier alpha value is -1.39. The van der Waals surface area contributed by atoms with Gasteiger partial charge in [-0.25, -0.2) is 0 Å². The maximum absolute atomic E-state index is 12.9. The van der Waals surface area contributed by atoms with Gasteiger partial charge in [-0.1, -0.05) is 30.3 Å². The SMILES string of the molecule is FC(F)(F)C1(c2ccccc2)CCN=N1. The van der Waals surface area contributed by atoms with E-state index in [0.717, 1.165) is 0 Å². The van der Waals surface area contributed by atoms with Gasteiger partial charge in [0.25, 0.3) is 0 Å². The first-order valence-electron chi connectivity index (χ1n) is 4.57. The summed E-state index contributed by atoms with van der Waals surface area (Å²) in [5.74, 6) is 0. The van der Waals surface area contributed by atoms with Crippen molar-refractivity contribution in [2.75, 3.05) is 6.54 Å². The summed E-state index contributed by atoms with van der Waals surface area (Å²) in [4.78, 5) is 0. The van der Waals surface area contributed by atoms with Crippen LogP contribution in [0.1, 0.15) is 12.0 Å². The molecule has 5 heteroatoms. The summed E-state index contributed by atoms with van der Waals surface area (Å²) in [6.07, 6.45) is -4.48. The van der Waals surface area contributed by atoms with Gasteiger partial charge in [0.05, 0.1) is 6.54 Å². The van der Waals surface area contributed by atoms with Crippen molar-refractivity contribution in [3.05, 3.63) is 35.9 Å². The van der Waals surface area contributed by atoms with E-state index in [1.165, 1.54) is 12.1 Å². The van der Waals surface area contributed by atoms with Gasteiger partial charge in [0.2, 0.25) is 5.54 Å². The van der Waals surface area contributed by atoms with E-state index in [4.69, 9.17) is 0 Å². The summed E-state index contributed by atoms with van der Waals surface area (Å²) in [6, 6.07) is 7.72. The fourth-order valence-corrected chi connectivity index (χ4v) is 1.71. The lowest BCUT2D eigenvalue weighted by Crippen LogP contribution is -2.39. The van der Waals surface area contributed by atoms with Gasteiger partial charge >= 0.3 is 6.18 Å². The molecule has 1 unspecified atom stereocenters. The number of rotatable bonds is 1. The molecule has 0 aliphatic carbocycles. The monoisotopic (exact) mass is 214 g/mol. The van der Waals surface area contributed by atoms with Crippen molar-refractivity contribution in [3.63, 3.8) is 0 Å². The minimum atomic E-state index is -4.38. The third kappa shape index (κ3) is 1.52. The zero-order valence-electron chi connectivity index (χ0n) is 7.83. The van der Waals surface area contributed by atoms with Crippen molar-refractivity contribution in [3.8, 4) is 0 Å². The van der Waals surface area contributed by atoms with Crippen molar-refractivity contribution in [1.82, 2.24) is 0 Å². The predicted octanol–water partition coefficient (Wildman–Crippen LogP) is 3.30. The summed E-state index contributed by atoms with van der Waals surface area (Å²) in [5, 5.41) is 6.89. The molecule has 0 saturated heterocycles. The Morgan fingerprint density at radius 1 is 1.13 bits per heavy atom. The number of azo groups is 1. The second-order valence-corrected chi connectivity index (χ2v) is 3.44. The fourth-order valence-electron chi connectivity index (χ4n) is 1.71. The Bertz CT molecular complexity index is 372. The zero-order valence-corrected chi connectivity index (χ0v) is 7.83. The van der Waals surface area contributed by atoms with Crippen LogP contribution >= 0.6 is 0 Å². The van der Waals surface area contributed by atoms with Crippen molar-refractivity contribution >= 4 is 0 Å². The van der Waals surface area contributed by atoms with Crippen LogP contribution in [0.2, 0.25) is 0 Å². The molecule has 0 bridgehead atoms. The number of hydrogen-bond acceptors (Lipinski definition) is 2. The van der Waals surface area contributed by atoms with E-state index in [1.807, 2.05) is 0 Å². The number of hydrogen-bond donors (Lipinski definition) is 0. The summed E-state index contributed by atoms with van der Waals surface area (Å²) in [6.45, 7) is 0.133. The van der Waals surface area contributed by atoms with Crippen molar-refractivity contribution in [2.45, 2.75) is 18.1 Å². The number of benzene rings is 1. The van der Waals surface area contributed by atoms with Crippen molar-refractivity contribution in [1.29, 1.82) is 0 Å². The van der Waals surface area contributed by atoms with Gasteiger partial charge in [-0.3, -0.25) is 0 Å². The molecule has 80 valence electrons. The first-order valence-corrected chi connectivity index (χ1v) is 4.57. The third-order valence-corrected chi connectivity index (χ3v) is 2.54. The number of nitrogens with zero attached hydrogens (tertiary/aromatic N) is 2. The first kappa shape index (κ1) is 10.1. The second-order valence-electron chi connectivity index (χ2n) is 3.44. The Morgan fingerprint density at radius 3 is 2.27 bits per heavy atom. The van der Waals surface area contributed by atoms with Gasteiger partial charge in [0.15, 0.2) is 0 Å². The molecule has 1 aliphatic rings. The van der Waals surface area contributed by atoms with Crippen LogP contribution in [0.5, 0.6) is 0 Å². The van der Waals surface area contributed by atoms with Crippen LogP contribution in [0.25, 0.3) is 0 Å². The molecule has 2 nitrogen and oxygen atoms in total. The normalized spacial score (nSPS) is 25.8. The lowest BCUT2D eigenvalue weighted by Gasteiger charge is -2.27. The van der Waals surface area contributed by atoms with E-state index in [2.05, 4.69) is 10.2 Å². The maximum atomic E-state index is 12.9. The van der Waals surface area contributed by atoms with Crippen LogP contribution in [0.4, 0.5) is 13.2 Å². The van der Waals surface area contributed by atoms with E-state index >= 15 is 0 Å². The summed E-state index contributed by atoms with van der Waals surface area (Å²) in [5.41, 5.74) is -1.95. The van der Waals surface area contributed by atoms with E-state index in [-0.39, 0.29) is 18.5 Å². The fraction of sp³-hybridized carbons (Fsp3) is 0.400. The second kappa shape index (κ2) is 3.32. The molecule has 1 heterocycles. The minimum Gasteiger partial charge on any atom is -0.193 e. The van der Waals surface area contributed by atoms with Gasteiger partial charge < -0.3 is 0 Å². The highest BCUT2D eigenvalue weighted by atomic mass is 19.4. The maximum Gasteiger partial charge on any atom is 0.419 e. The van der Waals surface area contributed by atoms with Crippen molar-refractivity contribution < 1.29 is 13.2 Å². The molecular weight excluding hydrogens is 205 g/mol. The Balaban J connectivity index is 2.50. The molecule has 1 aromatic rings. The quantitative estimate of drug-likeness (QED) is 0.685. The van der Waals surface area contributed by atoms with Crippen LogP contribution in [-0.2, 0) is 5.54 Å². The van der Waals surface area contributed by atoms with E-state index in [1.54, 1.807) is 18.2 Å². The minimum absolute atomic E-state index is 0.0967. The molecule has 0 fully saturated rings. The largest absolute Gasteiger partial charge is 0.419 e. The Kier molecular flexibility index (Phi) is 2.25. The van der Waals surface area contributed by atoms with Crippen LogP contribution in [0.15, 0.2) is 40.6 Å². The van der Waals surface area contributed by atoms with E-state index in [0.29, 0.717) is 0 Å². The average Bonchev–Trinajstić information content (AvgIpc) is 2.68. The average molecular weight is 214 g/mol. The standard InChI is InChI=1S/C10H9F3N2/c11-10(12,13)9(6-7-14-15-9)8-4-2-1-3-5-8/h1-5H,6-7H2. The molecular formula is C10H9F3N2. The third-order valence-electron chi connectivity index (χ3n) is 2.54. The molecule has 0 amide bonds. The molecule has 2 rings (SSSR count). The Morgan fingerprint density at radius 2 is 1.80 bits per heavy atom. The van der Waals surface area contributed by atoms with Gasteiger partial charge in [-0.15, -0.1) is 0 Å². The summed E-state index contributed by atoms with van der Waals surface area (Å²) in [7, 11) is 0. The molecule has 0 radical (unpaired) electrons. The lowest BCUT2D eigenvalue weighted by atomic mass is 9.88. The molecule has 0 aromatic heterocycles. The van der Waals surface area contributed by atoms with Gasteiger partial charge in [-0.2, -0.15) is 23.4 Å². The first-order chi connectivity index (χ1) is 7.06. The molecule has 1 aromatic carbocycles. The van der Waals surface area contributed by atoms with E-state index in [9.17, 15) is 13.2 Å². The highest BCUT2D eigenvalue weighted by Crippen LogP contribution is 2.47. The van der Waals surface area contributed by atoms with Gasteiger partial charge in [0.1, 0.15) is 0 Å². The highest BCUT2D eigenvalue weighted by Gasteiger charge is 2.58. The summed E-state index contributed by atoms with van der Waals surface area (Å²) >= 11 is 0. The summed E-state index contributed by atoms with van der Waals surface area (Å²) < 4.78 is 38.8. The molecule has 0 N–H and O–H groups in total. The van der Waals surface area contributed by atoms with Crippen LogP contribution in [-0.4, -0.2) is 12.7 Å². The van der Waals surface area contributed by atoms with Crippen LogP contribution in [0, 0.1) is 0 Å². The van der Waals surface area contributed by atoms with E-state index < -0.39 is 11.7 Å². The predicted molar refractivity (Wildman–Crippen MR) is 48.5 cm³/mol. The smallest absolute Gasteiger partial charge is 0.193 e. The zero-order chi connectivity index (χ0) is 10.9. The van der Waals surface area contributed by atoms with Gasteiger partial charge in [-0.05, 0) is 5.56 Å². The Labute approximate surface area is 84.8 Å². The number of alkyl halides is 3. The molecule has 0 spiro atoms. The lowest BCUT2D eigenvalue weighted by molar-refractivity contribution is -0.187. The molecule has 15 heavy (non-hydrogen) atoms.